The monoisotopic (exact) mass is 446 g/mol. The van der Waals surface area contributed by atoms with Crippen molar-refractivity contribution in [3.05, 3.63) is 54.1 Å². The lowest BCUT2D eigenvalue weighted by atomic mass is 10.2. The number of sulfonamides is 1. The van der Waals surface area contributed by atoms with Crippen molar-refractivity contribution < 1.29 is 17.6 Å². The highest BCUT2D eigenvalue weighted by molar-refractivity contribution is 7.98. The maximum atomic E-state index is 12.5. The van der Waals surface area contributed by atoms with Crippen LogP contribution in [0.25, 0.3) is 11.5 Å². The topological polar surface area (TPSA) is 105 Å². The van der Waals surface area contributed by atoms with Gasteiger partial charge in [0.15, 0.2) is 0 Å². The lowest BCUT2D eigenvalue weighted by Crippen LogP contribution is -2.30. The van der Waals surface area contributed by atoms with Gasteiger partial charge in [0.25, 0.3) is 11.8 Å². The number of carbonyl (C=O) groups excluding carboxylic acids is 1. The Morgan fingerprint density at radius 3 is 2.37 bits per heavy atom. The molecular formula is C20H22N4O4S2. The lowest BCUT2D eigenvalue weighted by molar-refractivity contribution is 0.102. The quantitative estimate of drug-likeness (QED) is 0.525. The van der Waals surface area contributed by atoms with Crippen LogP contribution < -0.4 is 5.32 Å². The number of thioether (sulfide) groups is 1. The second-order valence-corrected chi connectivity index (χ2v) is 8.97. The third-order valence-electron chi connectivity index (χ3n) is 4.44. The van der Waals surface area contributed by atoms with Crippen LogP contribution in [0.3, 0.4) is 0 Å². The Morgan fingerprint density at radius 2 is 1.73 bits per heavy atom. The normalized spacial score (nSPS) is 11.6. The Morgan fingerprint density at radius 1 is 1.07 bits per heavy atom. The molecule has 0 fully saturated rings. The Balaban J connectivity index is 1.75. The summed E-state index contributed by atoms with van der Waals surface area (Å²) in [5, 5.41) is 10.4. The molecule has 0 radical (unpaired) electrons. The Hall–Kier alpha value is -2.69. The van der Waals surface area contributed by atoms with Gasteiger partial charge in [-0.15, -0.1) is 16.9 Å². The summed E-state index contributed by atoms with van der Waals surface area (Å²) in [6, 6.07) is 13.3. The molecule has 0 unspecified atom stereocenters. The first kappa shape index (κ1) is 22.0. The minimum absolute atomic E-state index is 0.0363. The minimum atomic E-state index is -3.58. The standard InChI is InChI=1S/C20H22N4O4S2/c1-4-24(5-2)30(26,27)15-12-10-14(11-13-15)18(25)21-20-23-22-19(28-20)16-8-6-7-9-17(16)29-3/h6-13H,4-5H2,1-3H3,(H,21,23,25). The summed E-state index contributed by atoms with van der Waals surface area (Å²) in [5.41, 5.74) is 1.06. The van der Waals surface area contributed by atoms with Gasteiger partial charge in [0, 0.05) is 23.5 Å². The Bertz CT molecular complexity index is 1120. The van der Waals surface area contributed by atoms with E-state index in [0.29, 0.717) is 19.0 Å². The fourth-order valence-corrected chi connectivity index (χ4v) is 4.91. The minimum Gasteiger partial charge on any atom is -0.403 e. The average Bonchev–Trinajstić information content (AvgIpc) is 3.22. The predicted molar refractivity (Wildman–Crippen MR) is 116 cm³/mol. The van der Waals surface area contributed by atoms with Gasteiger partial charge in [-0.3, -0.25) is 10.1 Å². The number of nitrogens with one attached hydrogen (secondary N) is 1. The molecule has 1 aromatic heterocycles. The molecule has 1 N–H and O–H groups in total. The number of hydrogen-bond donors (Lipinski definition) is 1. The molecule has 3 aromatic rings. The summed E-state index contributed by atoms with van der Waals surface area (Å²) in [5.74, 6) is -0.175. The molecule has 0 aliphatic carbocycles. The molecule has 3 rings (SSSR count). The summed E-state index contributed by atoms with van der Waals surface area (Å²) < 4.78 is 32.0. The van der Waals surface area contributed by atoms with Crippen LogP contribution in [0, 0.1) is 0 Å². The molecule has 0 aliphatic rings. The van der Waals surface area contributed by atoms with E-state index in [-0.39, 0.29) is 16.5 Å². The third-order valence-corrected chi connectivity index (χ3v) is 7.30. The van der Waals surface area contributed by atoms with Gasteiger partial charge in [0.2, 0.25) is 10.0 Å². The van der Waals surface area contributed by atoms with Gasteiger partial charge in [-0.25, -0.2) is 8.42 Å². The van der Waals surface area contributed by atoms with Gasteiger partial charge in [-0.05, 0) is 42.7 Å². The van der Waals surface area contributed by atoms with Crippen LogP contribution in [0.5, 0.6) is 0 Å². The van der Waals surface area contributed by atoms with E-state index < -0.39 is 15.9 Å². The highest BCUT2D eigenvalue weighted by Gasteiger charge is 2.22. The fourth-order valence-electron chi connectivity index (χ4n) is 2.86. The predicted octanol–water partition coefficient (Wildman–Crippen LogP) is 3.74. The molecule has 0 saturated heterocycles. The number of amides is 1. The molecule has 0 aliphatic heterocycles. The molecule has 0 atom stereocenters. The fraction of sp³-hybridized carbons (Fsp3) is 0.250. The van der Waals surface area contributed by atoms with Crippen LogP contribution in [-0.4, -0.2) is 48.2 Å². The molecule has 0 spiro atoms. The van der Waals surface area contributed by atoms with Crippen LogP contribution in [-0.2, 0) is 10.0 Å². The summed E-state index contributed by atoms with van der Waals surface area (Å²) in [4.78, 5) is 13.6. The lowest BCUT2D eigenvalue weighted by Gasteiger charge is -2.18. The van der Waals surface area contributed by atoms with E-state index in [2.05, 4.69) is 15.5 Å². The summed E-state index contributed by atoms with van der Waals surface area (Å²) in [6.45, 7) is 4.30. The van der Waals surface area contributed by atoms with Gasteiger partial charge in [0.05, 0.1) is 10.5 Å². The number of rotatable bonds is 8. The smallest absolute Gasteiger partial charge is 0.322 e. The second-order valence-electron chi connectivity index (χ2n) is 6.18. The van der Waals surface area contributed by atoms with Crippen molar-refractivity contribution in [2.24, 2.45) is 0 Å². The van der Waals surface area contributed by atoms with Crippen molar-refractivity contribution in [2.45, 2.75) is 23.6 Å². The third kappa shape index (κ3) is 4.55. The van der Waals surface area contributed by atoms with Gasteiger partial charge < -0.3 is 4.42 Å². The van der Waals surface area contributed by atoms with E-state index in [9.17, 15) is 13.2 Å². The van der Waals surface area contributed by atoms with Gasteiger partial charge in [0.1, 0.15) is 0 Å². The molecule has 0 bridgehead atoms. The van der Waals surface area contributed by atoms with Gasteiger partial charge in [-0.1, -0.05) is 31.1 Å². The summed E-state index contributed by atoms with van der Waals surface area (Å²) in [6.07, 6.45) is 1.95. The Labute approximate surface area is 179 Å². The second kappa shape index (κ2) is 9.41. The maximum absolute atomic E-state index is 12.5. The van der Waals surface area contributed by atoms with E-state index in [1.54, 1.807) is 25.6 Å². The number of carbonyl (C=O) groups is 1. The highest BCUT2D eigenvalue weighted by atomic mass is 32.2. The molecule has 10 heteroatoms. The van der Waals surface area contributed by atoms with Crippen LogP contribution in [0.4, 0.5) is 6.01 Å². The number of anilines is 1. The molecule has 1 amide bonds. The number of aromatic nitrogens is 2. The van der Waals surface area contributed by atoms with E-state index in [0.717, 1.165) is 10.5 Å². The maximum Gasteiger partial charge on any atom is 0.322 e. The zero-order chi connectivity index (χ0) is 21.7. The highest BCUT2D eigenvalue weighted by Crippen LogP contribution is 2.29. The first-order valence-corrected chi connectivity index (χ1v) is 12.0. The van der Waals surface area contributed by atoms with Crippen molar-refractivity contribution in [1.29, 1.82) is 0 Å². The van der Waals surface area contributed by atoms with Crippen molar-refractivity contribution in [3.8, 4) is 11.5 Å². The Kier molecular flexibility index (Phi) is 6.91. The van der Waals surface area contributed by atoms with Crippen molar-refractivity contribution in [1.82, 2.24) is 14.5 Å². The van der Waals surface area contributed by atoms with E-state index in [1.807, 2.05) is 30.5 Å². The van der Waals surface area contributed by atoms with Crippen molar-refractivity contribution >= 4 is 33.7 Å². The van der Waals surface area contributed by atoms with Crippen molar-refractivity contribution in [2.75, 3.05) is 24.7 Å². The molecule has 8 nitrogen and oxygen atoms in total. The molecule has 158 valence electrons. The number of nitrogens with zero attached hydrogens (tertiary/aromatic N) is 3. The number of hydrogen-bond acceptors (Lipinski definition) is 7. The number of benzene rings is 2. The zero-order valence-electron chi connectivity index (χ0n) is 16.8. The summed E-state index contributed by atoms with van der Waals surface area (Å²) in [7, 11) is -3.58. The first-order chi connectivity index (χ1) is 14.4. The van der Waals surface area contributed by atoms with E-state index >= 15 is 0 Å². The zero-order valence-corrected chi connectivity index (χ0v) is 18.5. The summed E-state index contributed by atoms with van der Waals surface area (Å²) >= 11 is 1.55. The van der Waals surface area contributed by atoms with Crippen LogP contribution >= 0.6 is 11.8 Å². The largest absolute Gasteiger partial charge is 0.403 e. The van der Waals surface area contributed by atoms with E-state index in [1.165, 1.54) is 28.6 Å². The van der Waals surface area contributed by atoms with E-state index in [4.69, 9.17) is 4.42 Å². The van der Waals surface area contributed by atoms with Crippen LogP contribution in [0.1, 0.15) is 24.2 Å². The molecule has 1 heterocycles. The molecule has 0 saturated carbocycles. The first-order valence-electron chi connectivity index (χ1n) is 9.29. The average molecular weight is 447 g/mol. The van der Waals surface area contributed by atoms with Crippen LogP contribution in [0.15, 0.2) is 62.7 Å². The van der Waals surface area contributed by atoms with Crippen LogP contribution in [0.2, 0.25) is 0 Å². The molecule has 2 aromatic carbocycles. The van der Waals surface area contributed by atoms with Crippen molar-refractivity contribution in [3.63, 3.8) is 0 Å². The van der Waals surface area contributed by atoms with Gasteiger partial charge >= 0.3 is 6.01 Å². The van der Waals surface area contributed by atoms with Gasteiger partial charge in [-0.2, -0.15) is 4.31 Å². The molecular weight excluding hydrogens is 424 g/mol. The molecule has 30 heavy (non-hydrogen) atoms. The SMILES string of the molecule is CCN(CC)S(=O)(=O)c1ccc(C(=O)Nc2nnc(-c3ccccc3SC)o2)cc1.